The highest BCUT2D eigenvalue weighted by molar-refractivity contribution is 5.76. The van der Waals surface area contributed by atoms with E-state index < -0.39 is 0 Å². The number of likely N-dealkylation sites (tertiary alicyclic amines) is 1. The Labute approximate surface area is 138 Å². The first-order valence-corrected chi connectivity index (χ1v) is 9.24. The maximum absolute atomic E-state index is 12.4. The van der Waals surface area contributed by atoms with Crippen molar-refractivity contribution in [2.24, 2.45) is 5.92 Å². The van der Waals surface area contributed by atoms with Gasteiger partial charge in [0.25, 0.3) is 0 Å². The molecule has 2 aliphatic heterocycles. The lowest BCUT2D eigenvalue weighted by atomic mass is 10.1. The summed E-state index contributed by atoms with van der Waals surface area (Å²) >= 11 is 0. The number of fused-ring (bicyclic) bond motifs is 1. The van der Waals surface area contributed by atoms with E-state index in [9.17, 15) is 4.79 Å². The largest absolute Gasteiger partial charge is 0.376 e. The summed E-state index contributed by atoms with van der Waals surface area (Å²) in [6, 6.07) is 0. The minimum absolute atomic E-state index is 0.298. The number of carbonyl (C=O) groups excluding carboxylic acids is 1. The van der Waals surface area contributed by atoms with Gasteiger partial charge in [0.15, 0.2) is 0 Å². The molecule has 3 heterocycles. The van der Waals surface area contributed by atoms with Crippen LogP contribution in [0, 0.1) is 5.92 Å². The summed E-state index contributed by atoms with van der Waals surface area (Å²) in [6.07, 6.45) is 8.58. The molecule has 0 N–H and O–H groups in total. The number of aryl methyl sites for hydroxylation is 1. The Morgan fingerprint density at radius 3 is 2.83 bits per heavy atom. The average molecular weight is 317 g/mol. The molecule has 1 saturated heterocycles. The smallest absolute Gasteiger partial charge is 0.222 e. The first kappa shape index (κ1) is 15.2. The molecule has 2 fully saturated rings. The van der Waals surface area contributed by atoms with Gasteiger partial charge in [-0.1, -0.05) is 0 Å². The summed E-state index contributed by atoms with van der Waals surface area (Å²) in [4.78, 5) is 14.4. The fraction of sp³-hybridized carbons (Fsp3) is 0.778. The molecule has 23 heavy (non-hydrogen) atoms. The molecule has 0 radical (unpaired) electrons. The van der Waals surface area contributed by atoms with E-state index in [-0.39, 0.29) is 0 Å². The van der Waals surface area contributed by atoms with Crippen molar-refractivity contribution in [1.29, 1.82) is 0 Å². The van der Waals surface area contributed by atoms with Gasteiger partial charge in [-0.15, -0.1) is 0 Å². The Kier molecular flexibility index (Phi) is 4.38. The Balaban J connectivity index is 1.43. The van der Waals surface area contributed by atoms with E-state index in [0.717, 1.165) is 63.5 Å². The Morgan fingerprint density at radius 1 is 1.22 bits per heavy atom. The van der Waals surface area contributed by atoms with Crippen LogP contribution in [0.4, 0.5) is 0 Å². The molecule has 3 aliphatic rings. The van der Waals surface area contributed by atoms with Gasteiger partial charge < -0.3 is 9.64 Å². The lowest BCUT2D eigenvalue weighted by Crippen LogP contribution is -2.35. The molecule has 0 atom stereocenters. The first-order valence-electron chi connectivity index (χ1n) is 9.24. The fourth-order valence-electron chi connectivity index (χ4n) is 3.80. The van der Waals surface area contributed by atoms with Gasteiger partial charge in [0, 0.05) is 50.2 Å². The minimum atomic E-state index is 0.298. The van der Waals surface area contributed by atoms with Crippen LogP contribution in [0.25, 0.3) is 0 Å². The van der Waals surface area contributed by atoms with Crippen LogP contribution in [-0.2, 0) is 35.5 Å². The number of ether oxygens (including phenoxy) is 1. The highest BCUT2D eigenvalue weighted by atomic mass is 16.5. The van der Waals surface area contributed by atoms with Crippen LogP contribution < -0.4 is 0 Å². The first-order chi connectivity index (χ1) is 11.3. The topological polar surface area (TPSA) is 47.4 Å². The highest BCUT2D eigenvalue weighted by Gasteiger charge is 2.27. The van der Waals surface area contributed by atoms with E-state index >= 15 is 0 Å². The van der Waals surface area contributed by atoms with E-state index in [1.807, 2.05) is 4.90 Å². The van der Waals surface area contributed by atoms with Crippen LogP contribution in [0.5, 0.6) is 0 Å². The standard InChI is InChI=1S/C18H27N3O2/c22-18(20-9-2-1-3-10-20)7-6-16-15-13-23-11-8-17(15)21(19-16)12-14-4-5-14/h14H,1-13H2. The van der Waals surface area contributed by atoms with Crippen molar-refractivity contribution < 1.29 is 9.53 Å². The Morgan fingerprint density at radius 2 is 2.04 bits per heavy atom. The quantitative estimate of drug-likeness (QED) is 0.837. The normalized spacial score (nSPS) is 21.3. The van der Waals surface area contributed by atoms with Gasteiger partial charge in [0.05, 0.1) is 18.9 Å². The number of hydrogen-bond donors (Lipinski definition) is 0. The Hall–Kier alpha value is -1.36. The number of amides is 1. The van der Waals surface area contributed by atoms with Gasteiger partial charge >= 0.3 is 0 Å². The van der Waals surface area contributed by atoms with E-state index in [2.05, 4.69) is 4.68 Å². The van der Waals surface area contributed by atoms with Gasteiger partial charge in [-0.2, -0.15) is 5.10 Å². The summed E-state index contributed by atoms with van der Waals surface area (Å²) in [6.45, 7) is 4.41. The molecule has 5 heteroatoms. The van der Waals surface area contributed by atoms with Crippen molar-refractivity contribution in [2.75, 3.05) is 19.7 Å². The van der Waals surface area contributed by atoms with E-state index in [4.69, 9.17) is 9.84 Å². The highest BCUT2D eigenvalue weighted by Crippen LogP contribution is 2.32. The molecule has 0 bridgehead atoms. The molecule has 0 aromatic carbocycles. The third-order valence-corrected chi connectivity index (χ3v) is 5.39. The zero-order valence-electron chi connectivity index (χ0n) is 13.9. The third kappa shape index (κ3) is 3.44. The van der Waals surface area contributed by atoms with Crippen molar-refractivity contribution in [2.45, 2.75) is 64.5 Å². The van der Waals surface area contributed by atoms with Gasteiger partial charge in [-0.25, -0.2) is 0 Å². The van der Waals surface area contributed by atoms with Crippen molar-refractivity contribution in [3.63, 3.8) is 0 Å². The van der Waals surface area contributed by atoms with Crippen molar-refractivity contribution >= 4 is 5.91 Å². The van der Waals surface area contributed by atoms with Crippen molar-refractivity contribution in [1.82, 2.24) is 14.7 Å². The van der Waals surface area contributed by atoms with Crippen LogP contribution in [-0.4, -0.2) is 40.3 Å². The summed E-state index contributed by atoms with van der Waals surface area (Å²) < 4.78 is 7.86. The van der Waals surface area contributed by atoms with E-state index in [1.54, 1.807) is 0 Å². The number of carbonyl (C=O) groups is 1. The van der Waals surface area contributed by atoms with Gasteiger partial charge in [0.2, 0.25) is 5.91 Å². The zero-order valence-corrected chi connectivity index (χ0v) is 13.9. The maximum atomic E-state index is 12.4. The molecular weight excluding hydrogens is 290 g/mol. The summed E-state index contributed by atoms with van der Waals surface area (Å²) in [5.41, 5.74) is 3.73. The monoisotopic (exact) mass is 317 g/mol. The van der Waals surface area contributed by atoms with Crippen LogP contribution in [0.2, 0.25) is 0 Å². The number of piperidine rings is 1. The SMILES string of the molecule is O=C(CCc1nn(CC2CC2)c2c1COCC2)N1CCCCC1. The fourth-order valence-corrected chi connectivity index (χ4v) is 3.80. The molecule has 0 spiro atoms. The number of hydrogen-bond acceptors (Lipinski definition) is 3. The average Bonchev–Trinajstić information content (AvgIpc) is 3.35. The third-order valence-electron chi connectivity index (χ3n) is 5.39. The lowest BCUT2D eigenvalue weighted by molar-refractivity contribution is -0.132. The molecule has 126 valence electrons. The predicted molar refractivity (Wildman–Crippen MR) is 87.1 cm³/mol. The van der Waals surface area contributed by atoms with Crippen LogP contribution >= 0.6 is 0 Å². The molecule has 1 saturated carbocycles. The lowest BCUT2D eigenvalue weighted by Gasteiger charge is -2.26. The molecule has 4 rings (SSSR count). The Bertz CT molecular complexity index is 571. The molecule has 5 nitrogen and oxygen atoms in total. The van der Waals surface area contributed by atoms with Crippen LogP contribution in [0.1, 0.15) is 55.5 Å². The van der Waals surface area contributed by atoms with Gasteiger partial charge in [-0.05, 0) is 38.0 Å². The molecule has 1 aliphatic carbocycles. The number of aromatic nitrogens is 2. The summed E-state index contributed by atoms with van der Waals surface area (Å²) in [5, 5.41) is 4.85. The molecular formula is C18H27N3O2. The summed E-state index contributed by atoms with van der Waals surface area (Å²) in [5.74, 6) is 1.12. The number of rotatable bonds is 5. The molecule has 1 aromatic heterocycles. The second-order valence-corrected chi connectivity index (χ2v) is 7.24. The second-order valence-electron chi connectivity index (χ2n) is 7.24. The van der Waals surface area contributed by atoms with E-state index in [1.165, 1.54) is 30.5 Å². The van der Waals surface area contributed by atoms with E-state index in [0.29, 0.717) is 18.9 Å². The number of nitrogens with zero attached hydrogens (tertiary/aromatic N) is 3. The van der Waals surface area contributed by atoms with Gasteiger partial charge in [0.1, 0.15) is 0 Å². The molecule has 1 amide bonds. The maximum Gasteiger partial charge on any atom is 0.222 e. The van der Waals surface area contributed by atoms with Crippen molar-refractivity contribution in [3.05, 3.63) is 17.0 Å². The predicted octanol–water partition coefficient (Wildman–Crippen LogP) is 2.31. The zero-order chi connectivity index (χ0) is 15.6. The van der Waals surface area contributed by atoms with Crippen LogP contribution in [0.3, 0.4) is 0 Å². The van der Waals surface area contributed by atoms with Crippen LogP contribution in [0.15, 0.2) is 0 Å². The summed E-state index contributed by atoms with van der Waals surface area (Å²) in [7, 11) is 0. The molecule has 0 unspecified atom stereocenters. The second kappa shape index (κ2) is 6.63. The minimum Gasteiger partial charge on any atom is -0.376 e. The molecule has 1 aromatic rings. The van der Waals surface area contributed by atoms with Gasteiger partial charge in [-0.3, -0.25) is 9.48 Å². The van der Waals surface area contributed by atoms with Crippen molar-refractivity contribution in [3.8, 4) is 0 Å².